The SMILES string of the molecule is Cc1cc(OCC(=O)Nc2ccc(Cl)cc2)c(F)cc1N. The van der Waals surface area contributed by atoms with Gasteiger partial charge in [-0.05, 0) is 42.8 Å². The standard InChI is InChI=1S/C15H14ClFN2O2/c1-9-6-14(12(17)7-13(9)18)21-8-15(20)19-11-4-2-10(16)3-5-11/h2-7H,8,18H2,1H3,(H,19,20). The van der Waals surface area contributed by atoms with Gasteiger partial charge in [0.1, 0.15) is 0 Å². The van der Waals surface area contributed by atoms with Crippen molar-refractivity contribution in [3.63, 3.8) is 0 Å². The molecule has 0 radical (unpaired) electrons. The number of carbonyl (C=O) groups excluding carboxylic acids is 1. The fraction of sp³-hybridized carbons (Fsp3) is 0.133. The van der Waals surface area contributed by atoms with E-state index < -0.39 is 11.7 Å². The van der Waals surface area contributed by atoms with E-state index in [-0.39, 0.29) is 12.4 Å². The fourth-order valence-corrected chi connectivity index (χ4v) is 1.78. The highest BCUT2D eigenvalue weighted by molar-refractivity contribution is 6.30. The van der Waals surface area contributed by atoms with E-state index in [4.69, 9.17) is 22.1 Å². The highest BCUT2D eigenvalue weighted by atomic mass is 35.5. The lowest BCUT2D eigenvalue weighted by atomic mass is 10.2. The van der Waals surface area contributed by atoms with E-state index in [2.05, 4.69) is 5.32 Å². The number of nitrogens with one attached hydrogen (secondary N) is 1. The van der Waals surface area contributed by atoms with Gasteiger partial charge in [0.05, 0.1) is 0 Å². The molecule has 0 aliphatic heterocycles. The summed E-state index contributed by atoms with van der Waals surface area (Å²) in [5.74, 6) is -1.00. The lowest BCUT2D eigenvalue weighted by Gasteiger charge is -2.10. The van der Waals surface area contributed by atoms with Crippen LogP contribution in [0.2, 0.25) is 5.02 Å². The summed E-state index contributed by atoms with van der Waals surface area (Å²) < 4.78 is 18.8. The summed E-state index contributed by atoms with van der Waals surface area (Å²) in [7, 11) is 0. The van der Waals surface area contributed by atoms with Crippen LogP contribution in [0.5, 0.6) is 5.75 Å². The van der Waals surface area contributed by atoms with Crippen LogP contribution in [-0.4, -0.2) is 12.5 Å². The molecule has 2 rings (SSSR count). The molecule has 2 aromatic carbocycles. The quantitative estimate of drug-likeness (QED) is 0.851. The topological polar surface area (TPSA) is 64.3 Å². The van der Waals surface area contributed by atoms with Gasteiger partial charge >= 0.3 is 0 Å². The maximum atomic E-state index is 13.6. The summed E-state index contributed by atoms with van der Waals surface area (Å²) in [5.41, 5.74) is 7.18. The van der Waals surface area contributed by atoms with Crippen molar-refractivity contribution in [2.24, 2.45) is 0 Å². The van der Waals surface area contributed by atoms with Gasteiger partial charge in [0, 0.05) is 22.5 Å². The summed E-state index contributed by atoms with van der Waals surface area (Å²) in [5, 5.41) is 3.19. The van der Waals surface area contributed by atoms with Gasteiger partial charge in [-0.3, -0.25) is 4.79 Å². The van der Waals surface area contributed by atoms with Gasteiger partial charge in [-0.1, -0.05) is 11.6 Å². The Labute approximate surface area is 126 Å². The minimum Gasteiger partial charge on any atom is -0.481 e. The molecular formula is C15H14ClFN2O2. The van der Waals surface area contributed by atoms with Gasteiger partial charge < -0.3 is 15.8 Å². The van der Waals surface area contributed by atoms with Crippen LogP contribution in [0.15, 0.2) is 36.4 Å². The summed E-state index contributed by atoms with van der Waals surface area (Å²) >= 11 is 5.75. The zero-order valence-electron chi connectivity index (χ0n) is 11.3. The van der Waals surface area contributed by atoms with Crippen LogP contribution in [0.25, 0.3) is 0 Å². The van der Waals surface area contributed by atoms with Crippen molar-refractivity contribution in [1.82, 2.24) is 0 Å². The van der Waals surface area contributed by atoms with E-state index in [0.717, 1.165) is 0 Å². The molecule has 0 saturated heterocycles. The molecule has 0 saturated carbocycles. The monoisotopic (exact) mass is 308 g/mol. The van der Waals surface area contributed by atoms with Crippen LogP contribution in [0.1, 0.15) is 5.56 Å². The molecule has 0 aromatic heterocycles. The third-order valence-corrected chi connectivity index (χ3v) is 3.06. The highest BCUT2D eigenvalue weighted by Gasteiger charge is 2.09. The number of hydrogen-bond acceptors (Lipinski definition) is 3. The summed E-state index contributed by atoms with van der Waals surface area (Å²) in [4.78, 5) is 11.7. The van der Waals surface area contributed by atoms with Gasteiger partial charge in [-0.15, -0.1) is 0 Å². The molecule has 110 valence electrons. The lowest BCUT2D eigenvalue weighted by Crippen LogP contribution is -2.20. The van der Waals surface area contributed by atoms with Gasteiger partial charge in [-0.2, -0.15) is 0 Å². The smallest absolute Gasteiger partial charge is 0.262 e. The van der Waals surface area contributed by atoms with Crippen LogP contribution in [-0.2, 0) is 4.79 Å². The minimum absolute atomic E-state index is 0.00652. The zero-order valence-corrected chi connectivity index (χ0v) is 12.1. The number of nitrogens with two attached hydrogens (primary N) is 1. The van der Waals surface area contributed by atoms with Crippen molar-refractivity contribution in [3.05, 3.63) is 52.8 Å². The lowest BCUT2D eigenvalue weighted by molar-refractivity contribution is -0.118. The van der Waals surface area contributed by atoms with E-state index in [1.165, 1.54) is 12.1 Å². The Kier molecular flexibility index (Phi) is 4.65. The van der Waals surface area contributed by atoms with E-state index in [1.807, 2.05) is 0 Å². The number of benzene rings is 2. The van der Waals surface area contributed by atoms with Crippen LogP contribution in [0.4, 0.5) is 15.8 Å². The number of ether oxygens (including phenoxy) is 1. The molecule has 0 bridgehead atoms. The van der Waals surface area contributed by atoms with Crippen molar-refractivity contribution in [3.8, 4) is 5.75 Å². The Morgan fingerprint density at radius 3 is 2.67 bits per heavy atom. The first-order valence-electron chi connectivity index (χ1n) is 6.19. The average molecular weight is 309 g/mol. The molecule has 4 nitrogen and oxygen atoms in total. The zero-order chi connectivity index (χ0) is 15.4. The molecule has 1 amide bonds. The van der Waals surface area contributed by atoms with E-state index >= 15 is 0 Å². The molecule has 3 N–H and O–H groups in total. The van der Waals surface area contributed by atoms with Gasteiger partial charge in [-0.25, -0.2) is 4.39 Å². The number of hydrogen-bond donors (Lipinski definition) is 2. The van der Waals surface area contributed by atoms with Crippen LogP contribution in [0.3, 0.4) is 0 Å². The first-order valence-corrected chi connectivity index (χ1v) is 6.57. The molecule has 0 unspecified atom stereocenters. The Morgan fingerprint density at radius 1 is 1.33 bits per heavy atom. The summed E-state index contributed by atoms with van der Waals surface area (Å²) in [6, 6.07) is 9.26. The molecule has 0 spiro atoms. The number of aryl methyl sites for hydroxylation is 1. The number of halogens is 2. The molecule has 0 aliphatic rings. The number of carbonyl (C=O) groups is 1. The highest BCUT2D eigenvalue weighted by Crippen LogP contribution is 2.23. The second-order valence-electron chi connectivity index (χ2n) is 4.48. The van der Waals surface area contributed by atoms with Gasteiger partial charge in [0.15, 0.2) is 18.2 Å². The molecule has 0 fully saturated rings. The molecule has 0 heterocycles. The average Bonchev–Trinajstić information content (AvgIpc) is 2.44. The molecular weight excluding hydrogens is 295 g/mol. The maximum Gasteiger partial charge on any atom is 0.262 e. The molecule has 6 heteroatoms. The number of anilines is 2. The Balaban J connectivity index is 1.95. The van der Waals surface area contributed by atoms with Crippen molar-refractivity contribution < 1.29 is 13.9 Å². The summed E-state index contributed by atoms with van der Waals surface area (Å²) in [6.07, 6.45) is 0. The number of amides is 1. The van der Waals surface area contributed by atoms with Crippen LogP contribution in [0, 0.1) is 12.7 Å². The molecule has 21 heavy (non-hydrogen) atoms. The van der Waals surface area contributed by atoms with Crippen molar-refractivity contribution in [1.29, 1.82) is 0 Å². The van der Waals surface area contributed by atoms with Crippen LogP contribution < -0.4 is 15.8 Å². The van der Waals surface area contributed by atoms with Crippen molar-refractivity contribution >= 4 is 28.9 Å². The first kappa shape index (κ1) is 15.1. The predicted octanol–water partition coefficient (Wildman–Crippen LogP) is 3.39. The summed E-state index contributed by atoms with van der Waals surface area (Å²) in [6.45, 7) is 1.43. The van der Waals surface area contributed by atoms with Crippen molar-refractivity contribution in [2.45, 2.75) is 6.92 Å². The van der Waals surface area contributed by atoms with Crippen molar-refractivity contribution in [2.75, 3.05) is 17.7 Å². The second-order valence-corrected chi connectivity index (χ2v) is 4.92. The molecule has 2 aromatic rings. The van der Waals surface area contributed by atoms with E-state index in [9.17, 15) is 9.18 Å². The Bertz CT molecular complexity index is 659. The second kappa shape index (κ2) is 6.45. The predicted molar refractivity (Wildman–Crippen MR) is 81.1 cm³/mol. The number of nitrogen functional groups attached to an aromatic ring is 1. The van der Waals surface area contributed by atoms with Crippen LogP contribution >= 0.6 is 11.6 Å². The largest absolute Gasteiger partial charge is 0.481 e. The Hall–Kier alpha value is -2.27. The van der Waals surface area contributed by atoms with E-state index in [1.54, 1.807) is 31.2 Å². The van der Waals surface area contributed by atoms with E-state index in [0.29, 0.717) is 22.0 Å². The minimum atomic E-state index is -0.600. The number of rotatable bonds is 4. The third-order valence-electron chi connectivity index (χ3n) is 2.81. The van der Waals surface area contributed by atoms with Gasteiger partial charge in [0.25, 0.3) is 5.91 Å². The third kappa shape index (κ3) is 4.10. The molecule has 0 atom stereocenters. The first-order chi connectivity index (χ1) is 9.95. The normalized spacial score (nSPS) is 10.2. The Morgan fingerprint density at radius 2 is 2.00 bits per heavy atom. The fourth-order valence-electron chi connectivity index (χ4n) is 1.65. The van der Waals surface area contributed by atoms with Gasteiger partial charge in [0.2, 0.25) is 0 Å². The maximum absolute atomic E-state index is 13.6. The molecule has 0 aliphatic carbocycles.